The Hall–Kier alpha value is -1.39. The van der Waals surface area contributed by atoms with Gasteiger partial charge in [-0.2, -0.15) is 5.10 Å². The van der Waals surface area contributed by atoms with Gasteiger partial charge in [0.2, 0.25) is 0 Å². The average molecular weight is 197 g/mol. The van der Waals surface area contributed by atoms with Gasteiger partial charge in [-0.3, -0.25) is 4.79 Å². The van der Waals surface area contributed by atoms with Gasteiger partial charge in [0, 0.05) is 6.54 Å². The highest BCUT2D eigenvalue weighted by atomic mass is 16.5. The first-order chi connectivity index (χ1) is 6.77. The molecule has 0 aliphatic heterocycles. The highest BCUT2D eigenvalue weighted by molar-refractivity contribution is 5.71. The number of aromatic nitrogens is 3. The fourth-order valence-corrected chi connectivity index (χ4v) is 1.16. The molecule has 0 fully saturated rings. The lowest BCUT2D eigenvalue weighted by atomic mass is 10.4. The summed E-state index contributed by atoms with van der Waals surface area (Å²) < 4.78 is 6.56. The van der Waals surface area contributed by atoms with Crippen molar-refractivity contribution in [3.8, 4) is 0 Å². The van der Waals surface area contributed by atoms with Crippen molar-refractivity contribution in [2.45, 2.75) is 33.2 Å². The van der Waals surface area contributed by atoms with Crippen molar-refractivity contribution in [3.05, 3.63) is 12.2 Å². The van der Waals surface area contributed by atoms with Crippen LogP contribution in [-0.4, -0.2) is 27.3 Å². The van der Waals surface area contributed by atoms with E-state index in [1.165, 1.54) is 6.33 Å². The summed E-state index contributed by atoms with van der Waals surface area (Å²) in [5, 5.41) is 4.02. The van der Waals surface area contributed by atoms with E-state index in [-0.39, 0.29) is 12.4 Å². The first-order valence-corrected chi connectivity index (χ1v) is 4.80. The molecule has 0 atom stereocenters. The summed E-state index contributed by atoms with van der Waals surface area (Å²) in [6.07, 6.45) is 2.64. The van der Waals surface area contributed by atoms with Crippen LogP contribution in [0.2, 0.25) is 0 Å². The van der Waals surface area contributed by atoms with Crippen molar-refractivity contribution in [1.29, 1.82) is 0 Å². The molecule has 14 heavy (non-hydrogen) atoms. The molecule has 0 spiro atoms. The van der Waals surface area contributed by atoms with Gasteiger partial charge in [-0.15, -0.1) is 0 Å². The van der Waals surface area contributed by atoms with Crippen molar-refractivity contribution in [3.63, 3.8) is 0 Å². The molecule has 0 amide bonds. The first-order valence-electron chi connectivity index (χ1n) is 4.80. The molecule has 0 aliphatic carbocycles. The average Bonchev–Trinajstić information content (AvgIpc) is 2.54. The van der Waals surface area contributed by atoms with Gasteiger partial charge >= 0.3 is 5.97 Å². The molecule has 0 saturated carbocycles. The number of ether oxygens (including phenoxy) is 1. The first kappa shape index (κ1) is 10.7. The molecule has 0 radical (unpaired) electrons. The molecule has 0 unspecified atom stereocenters. The quantitative estimate of drug-likeness (QED) is 0.655. The van der Waals surface area contributed by atoms with E-state index < -0.39 is 0 Å². The molecule has 1 rings (SSSR count). The largest absolute Gasteiger partial charge is 0.466 e. The molecule has 0 aromatic carbocycles. The predicted octanol–water partition coefficient (Wildman–Crippen LogP) is 0.794. The van der Waals surface area contributed by atoms with E-state index in [0.717, 1.165) is 13.0 Å². The maximum absolute atomic E-state index is 11.2. The van der Waals surface area contributed by atoms with Crippen LogP contribution in [0.5, 0.6) is 0 Å². The summed E-state index contributed by atoms with van der Waals surface area (Å²) in [6.45, 7) is 5.03. The number of hydrogen-bond acceptors (Lipinski definition) is 4. The Bertz CT molecular complexity index is 296. The third kappa shape index (κ3) is 2.83. The lowest BCUT2D eigenvalue weighted by Gasteiger charge is -2.03. The van der Waals surface area contributed by atoms with Crippen molar-refractivity contribution in [2.24, 2.45) is 0 Å². The van der Waals surface area contributed by atoms with Gasteiger partial charge in [-0.05, 0) is 13.3 Å². The Balaban J connectivity index is 2.56. The second-order valence-electron chi connectivity index (χ2n) is 2.88. The van der Waals surface area contributed by atoms with Crippen LogP contribution in [0, 0.1) is 0 Å². The number of rotatable bonds is 5. The van der Waals surface area contributed by atoms with E-state index in [1.807, 2.05) is 0 Å². The van der Waals surface area contributed by atoms with Gasteiger partial charge < -0.3 is 4.74 Å². The number of aryl methyl sites for hydroxylation is 1. The summed E-state index contributed by atoms with van der Waals surface area (Å²) in [5.74, 6) is 0.420. The number of carbonyl (C=O) groups is 1. The van der Waals surface area contributed by atoms with Crippen LogP contribution in [0.25, 0.3) is 0 Å². The number of nitrogens with zero attached hydrogens (tertiary/aromatic N) is 3. The van der Waals surface area contributed by atoms with Crippen molar-refractivity contribution in [2.75, 3.05) is 6.61 Å². The third-order valence-electron chi connectivity index (χ3n) is 1.74. The zero-order chi connectivity index (χ0) is 10.4. The molecular weight excluding hydrogens is 182 g/mol. The molecule has 1 aromatic heterocycles. The van der Waals surface area contributed by atoms with Gasteiger partial charge in [0.05, 0.1) is 6.61 Å². The summed E-state index contributed by atoms with van der Waals surface area (Å²) in [4.78, 5) is 15.2. The Kier molecular flexibility index (Phi) is 4.10. The normalized spacial score (nSPS) is 10.1. The second kappa shape index (κ2) is 5.36. The number of esters is 1. The monoisotopic (exact) mass is 197 g/mol. The standard InChI is InChI=1S/C9H15N3O2/c1-3-5-12-8(10-7-11-12)6-9(13)14-4-2/h7H,3-6H2,1-2H3. The maximum atomic E-state index is 11.2. The maximum Gasteiger partial charge on any atom is 0.313 e. The number of hydrogen-bond donors (Lipinski definition) is 0. The minimum absolute atomic E-state index is 0.202. The Morgan fingerprint density at radius 3 is 3.00 bits per heavy atom. The van der Waals surface area contributed by atoms with Crippen molar-refractivity contribution < 1.29 is 9.53 Å². The zero-order valence-electron chi connectivity index (χ0n) is 8.56. The van der Waals surface area contributed by atoms with E-state index in [9.17, 15) is 4.79 Å². The van der Waals surface area contributed by atoms with Gasteiger partial charge in [-0.1, -0.05) is 6.92 Å². The molecule has 0 bridgehead atoms. The van der Waals surface area contributed by atoms with E-state index in [4.69, 9.17) is 4.74 Å². The topological polar surface area (TPSA) is 57.0 Å². The Morgan fingerprint density at radius 1 is 1.57 bits per heavy atom. The van der Waals surface area contributed by atoms with Crippen LogP contribution in [0.3, 0.4) is 0 Å². The van der Waals surface area contributed by atoms with Gasteiger partial charge in [0.1, 0.15) is 18.6 Å². The van der Waals surface area contributed by atoms with Gasteiger partial charge in [0.25, 0.3) is 0 Å². The smallest absolute Gasteiger partial charge is 0.313 e. The highest BCUT2D eigenvalue weighted by Crippen LogP contribution is 1.98. The summed E-state index contributed by atoms with van der Waals surface area (Å²) >= 11 is 0. The lowest BCUT2D eigenvalue weighted by Crippen LogP contribution is -2.13. The SMILES string of the molecule is CCCn1ncnc1CC(=O)OCC. The van der Waals surface area contributed by atoms with Crippen LogP contribution in [-0.2, 0) is 22.5 Å². The van der Waals surface area contributed by atoms with E-state index in [0.29, 0.717) is 12.4 Å². The molecule has 0 aliphatic rings. The van der Waals surface area contributed by atoms with Crippen LogP contribution in [0.1, 0.15) is 26.1 Å². The van der Waals surface area contributed by atoms with Crippen molar-refractivity contribution >= 4 is 5.97 Å². The number of carbonyl (C=O) groups excluding carboxylic acids is 1. The van der Waals surface area contributed by atoms with Crippen LogP contribution < -0.4 is 0 Å². The van der Waals surface area contributed by atoms with E-state index in [1.54, 1.807) is 11.6 Å². The Labute approximate surface area is 83.1 Å². The summed E-state index contributed by atoms with van der Waals surface area (Å²) in [7, 11) is 0. The predicted molar refractivity (Wildman–Crippen MR) is 50.7 cm³/mol. The molecule has 5 nitrogen and oxygen atoms in total. The summed E-state index contributed by atoms with van der Waals surface area (Å²) in [5.41, 5.74) is 0. The lowest BCUT2D eigenvalue weighted by molar-refractivity contribution is -0.142. The fourth-order valence-electron chi connectivity index (χ4n) is 1.16. The molecule has 78 valence electrons. The second-order valence-corrected chi connectivity index (χ2v) is 2.88. The molecule has 5 heteroatoms. The van der Waals surface area contributed by atoms with E-state index in [2.05, 4.69) is 17.0 Å². The van der Waals surface area contributed by atoms with Crippen LogP contribution >= 0.6 is 0 Å². The molecule has 0 saturated heterocycles. The third-order valence-corrected chi connectivity index (χ3v) is 1.74. The molecule has 1 heterocycles. The zero-order valence-corrected chi connectivity index (χ0v) is 8.56. The van der Waals surface area contributed by atoms with E-state index >= 15 is 0 Å². The summed E-state index contributed by atoms with van der Waals surface area (Å²) in [6, 6.07) is 0. The van der Waals surface area contributed by atoms with Crippen LogP contribution in [0.15, 0.2) is 6.33 Å². The van der Waals surface area contributed by atoms with Gasteiger partial charge in [0.15, 0.2) is 0 Å². The fraction of sp³-hybridized carbons (Fsp3) is 0.667. The molecular formula is C9H15N3O2. The molecule has 1 aromatic rings. The minimum Gasteiger partial charge on any atom is -0.466 e. The minimum atomic E-state index is -0.252. The Morgan fingerprint density at radius 2 is 2.36 bits per heavy atom. The van der Waals surface area contributed by atoms with Crippen LogP contribution in [0.4, 0.5) is 0 Å². The highest BCUT2D eigenvalue weighted by Gasteiger charge is 2.09. The van der Waals surface area contributed by atoms with Gasteiger partial charge in [-0.25, -0.2) is 9.67 Å². The molecule has 0 N–H and O–H groups in total. The van der Waals surface area contributed by atoms with Crippen molar-refractivity contribution in [1.82, 2.24) is 14.8 Å².